The third-order valence-electron chi connectivity index (χ3n) is 3.58. The highest BCUT2D eigenvalue weighted by molar-refractivity contribution is 7.88. The number of piperazine rings is 1. The van der Waals surface area contributed by atoms with Crippen molar-refractivity contribution < 1.29 is 13.2 Å². The lowest BCUT2D eigenvalue weighted by Gasteiger charge is -2.35. The summed E-state index contributed by atoms with van der Waals surface area (Å²) in [7, 11) is -1.27. The van der Waals surface area contributed by atoms with Crippen LogP contribution in [-0.2, 0) is 14.8 Å². The molecule has 0 aromatic rings. The molecule has 6 nitrogen and oxygen atoms in total. The van der Waals surface area contributed by atoms with E-state index in [4.69, 9.17) is 0 Å². The maximum absolute atomic E-state index is 11.8. The minimum Gasteiger partial charge on any atom is -0.344 e. The van der Waals surface area contributed by atoms with Crippen molar-refractivity contribution in [2.24, 2.45) is 0 Å². The standard InChI is InChI=1S/C10H19N3O3S/c1-11-4-3-9(10(11)14)12-5-7-13(8-6-12)17(2,15)16/h9H,3-8H2,1-2H3. The monoisotopic (exact) mass is 261 g/mol. The Balaban J connectivity index is 1.94. The molecule has 2 aliphatic heterocycles. The van der Waals surface area contributed by atoms with Crippen LogP contribution < -0.4 is 0 Å². The number of sulfonamides is 1. The first-order valence-electron chi connectivity index (χ1n) is 5.84. The average Bonchev–Trinajstić information content (AvgIpc) is 2.59. The molecule has 2 rings (SSSR count). The first-order chi connectivity index (χ1) is 7.89. The zero-order valence-electron chi connectivity index (χ0n) is 10.3. The Hall–Kier alpha value is -0.660. The summed E-state index contributed by atoms with van der Waals surface area (Å²) in [6, 6.07) is -0.0401. The van der Waals surface area contributed by atoms with Crippen LogP contribution in [0.25, 0.3) is 0 Å². The molecule has 0 spiro atoms. The van der Waals surface area contributed by atoms with Gasteiger partial charge in [0.15, 0.2) is 0 Å². The van der Waals surface area contributed by atoms with Gasteiger partial charge in [0.05, 0.1) is 12.3 Å². The molecule has 1 unspecified atom stereocenters. The van der Waals surface area contributed by atoms with Crippen molar-refractivity contribution in [1.82, 2.24) is 14.1 Å². The molecule has 7 heteroatoms. The first-order valence-corrected chi connectivity index (χ1v) is 7.68. The molecule has 98 valence electrons. The summed E-state index contributed by atoms with van der Waals surface area (Å²) in [6.45, 7) is 3.09. The molecule has 0 aromatic heterocycles. The van der Waals surface area contributed by atoms with E-state index in [0.29, 0.717) is 26.2 Å². The van der Waals surface area contributed by atoms with Crippen LogP contribution in [0.5, 0.6) is 0 Å². The highest BCUT2D eigenvalue weighted by atomic mass is 32.2. The normalized spacial score (nSPS) is 28.9. The summed E-state index contributed by atoms with van der Waals surface area (Å²) in [4.78, 5) is 15.7. The molecule has 1 atom stereocenters. The van der Waals surface area contributed by atoms with Crippen molar-refractivity contribution in [2.75, 3.05) is 46.0 Å². The van der Waals surface area contributed by atoms with Crippen molar-refractivity contribution in [3.8, 4) is 0 Å². The van der Waals surface area contributed by atoms with E-state index in [2.05, 4.69) is 4.90 Å². The summed E-state index contributed by atoms with van der Waals surface area (Å²) < 4.78 is 24.2. The molecular formula is C10H19N3O3S. The van der Waals surface area contributed by atoms with E-state index in [1.54, 1.807) is 4.90 Å². The molecule has 2 aliphatic rings. The Bertz CT molecular complexity index is 401. The summed E-state index contributed by atoms with van der Waals surface area (Å²) in [5, 5.41) is 0. The van der Waals surface area contributed by atoms with Gasteiger partial charge in [-0.3, -0.25) is 9.69 Å². The average molecular weight is 261 g/mol. The molecule has 2 saturated heterocycles. The van der Waals surface area contributed by atoms with Crippen LogP contribution in [0.4, 0.5) is 0 Å². The topological polar surface area (TPSA) is 60.9 Å². The van der Waals surface area contributed by atoms with Crippen LogP contribution in [0, 0.1) is 0 Å². The van der Waals surface area contributed by atoms with Crippen LogP contribution >= 0.6 is 0 Å². The van der Waals surface area contributed by atoms with Crippen LogP contribution in [-0.4, -0.2) is 80.5 Å². The zero-order chi connectivity index (χ0) is 12.6. The lowest BCUT2D eigenvalue weighted by molar-refractivity contribution is -0.131. The Morgan fingerprint density at radius 3 is 2.12 bits per heavy atom. The Morgan fingerprint density at radius 1 is 1.12 bits per heavy atom. The Morgan fingerprint density at radius 2 is 1.71 bits per heavy atom. The number of rotatable bonds is 2. The van der Waals surface area contributed by atoms with E-state index >= 15 is 0 Å². The fourth-order valence-electron chi connectivity index (χ4n) is 2.49. The van der Waals surface area contributed by atoms with Gasteiger partial charge in [-0.1, -0.05) is 0 Å². The molecule has 0 saturated carbocycles. The largest absolute Gasteiger partial charge is 0.344 e. The van der Waals surface area contributed by atoms with Crippen molar-refractivity contribution in [3.63, 3.8) is 0 Å². The number of carbonyl (C=O) groups excluding carboxylic acids is 1. The number of likely N-dealkylation sites (N-methyl/N-ethyl adjacent to an activating group) is 1. The van der Waals surface area contributed by atoms with Gasteiger partial charge in [-0.25, -0.2) is 8.42 Å². The second-order valence-corrected chi connectivity index (χ2v) is 6.74. The van der Waals surface area contributed by atoms with E-state index in [9.17, 15) is 13.2 Å². The fraction of sp³-hybridized carbons (Fsp3) is 0.900. The summed E-state index contributed by atoms with van der Waals surface area (Å²) in [6.07, 6.45) is 2.09. The van der Waals surface area contributed by atoms with E-state index in [1.807, 2.05) is 7.05 Å². The Kier molecular flexibility index (Phi) is 3.42. The maximum Gasteiger partial charge on any atom is 0.239 e. The van der Waals surface area contributed by atoms with Crippen molar-refractivity contribution in [1.29, 1.82) is 0 Å². The number of hydrogen-bond acceptors (Lipinski definition) is 4. The predicted molar refractivity (Wildman–Crippen MR) is 64.0 cm³/mol. The molecule has 1 amide bonds. The number of likely N-dealkylation sites (tertiary alicyclic amines) is 1. The lowest BCUT2D eigenvalue weighted by atomic mass is 10.2. The molecule has 2 fully saturated rings. The lowest BCUT2D eigenvalue weighted by Crippen LogP contribution is -2.53. The molecule has 0 aliphatic carbocycles. The Labute approximate surface area is 102 Å². The highest BCUT2D eigenvalue weighted by Gasteiger charge is 2.36. The summed E-state index contributed by atoms with van der Waals surface area (Å²) in [5.41, 5.74) is 0. The SMILES string of the molecule is CN1CCC(N2CCN(S(C)(=O)=O)CC2)C1=O. The summed E-state index contributed by atoms with van der Waals surface area (Å²) >= 11 is 0. The molecule has 0 N–H and O–H groups in total. The number of nitrogens with zero attached hydrogens (tertiary/aromatic N) is 3. The molecule has 0 aromatic carbocycles. The van der Waals surface area contributed by atoms with Gasteiger partial charge in [0, 0.05) is 39.8 Å². The molecule has 0 bridgehead atoms. The van der Waals surface area contributed by atoms with E-state index in [-0.39, 0.29) is 11.9 Å². The third kappa shape index (κ3) is 2.61. The summed E-state index contributed by atoms with van der Waals surface area (Å²) in [5.74, 6) is 0.165. The quantitative estimate of drug-likeness (QED) is 0.626. The van der Waals surface area contributed by atoms with Crippen LogP contribution in [0.15, 0.2) is 0 Å². The minimum atomic E-state index is -3.09. The van der Waals surface area contributed by atoms with E-state index in [0.717, 1.165) is 13.0 Å². The van der Waals surface area contributed by atoms with Crippen molar-refractivity contribution in [2.45, 2.75) is 12.5 Å². The van der Waals surface area contributed by atoms with Crippen molar-refractivity contribution >= 4 is 15.9 Å². The highest BCUT2D eigenvalue weighted by Crippen LogP contribution is 2.18. The van der Waals surface area contributed by atoms with Gasteiger partial charge in [0.2, 0.25) is 15.9 Å². The fourth-order valence-corrected chi connectivity index (χ4v) is 3.32. The van der Waals surface area contributed by atoms with Crippen LogP contribution in [0.1, 0.15) is 6.42 Å². The van der Waals surface area contributed by atoms with E-state index < -0.39 is 10.0 Å². The first kappa shape index (κ1) is 12.8. The predicted octanol–water partition coefficient (Wildman–Crippen LogP) is -1.21. The molecular weight excluding hydrogens is 242 g/mol. The van der Waals surface area contributed by atoms with Crippen molar-refractivity contribution in [3.05, 3.63) is 0 Å². The number of amides is 1. The van der Waals surface area contributed by atoms with Crippen LogP contribution in [0.2, 0.25) is 0 Å². The molecule has 17 heavy (non-hydrogen) atoms. The van der Waals surface area contributed by atoms with Gasteiger partial charge in [0.25, 0.3) is 0 Å². The molecule has 2 heterocycles. The maximum atomic E-state index is 11.8. The van der Waals surface area contributed by atoms with Gasteiger partial charge in [-0.15, -0.1) is 0 Å². The zero-order valence-corrected chi connectivity index (χ0v) is 11.1. The second kappa shape index (κ2) is 4.55. The van der Waals surface area contributed by atoms with Gasteiger partial charge in [-0.05, 0) is 6.42 Å². The van der Waals surface area contributed by atoms with Gasteiger partial charge in [0.1, 0.15) is 0 Å². The second-order valence-electron chi connectivity index (χ2n) is 4.76. The van der Waals surface area contributed by atoms with Gasteiger partial charge < -0.3 is 4.90 Å². The van der Waals surface area contributed by atoms with Gasteiger partial charge >= 0.3 is 0 Å². The number of hydrogen-bond donors (Lipinski definition) is 0. The third-order valence-corrected chi connectivity index (χ3v) is 4.89. The molecule has 0 radical (unpaired) electrons. The number of carbonyl (C=O) groups is 1. The minimum absolute atomic E-state index is 0.0401. The van der Waals surface area contributed by atoms with E-state index in [1.165, 1.54) is 10.6 Å². The smallest absolute Gasteiger partial charge is 0.239 e. The van der Waals surface area contributed by atoms with Gasteiger partial charge in [-0.2, -0.15) is 4.31 Å². The van der Waals surface area contributed by atoms with Crippen LogP contribution in [0.3, 0.4) is 0 Å².